The highest BCUT2D eigenvalue weighted by molar-refractivity contribution is 5.56. The van der Waals surface area contributed by atoms with Gasteiger partial charge in [-0.05, 0) is 12.1 Å². The fourth-order valence-electron chi connectivity index (χ4n) is 3.03. The van der Waals surface area contributed by atoms with E-state index in [9.17, 15) is 0 Å². The van der Waals surface area contributed by atoms with Crippen LogP contribution in [0.4, 0.5) is 5.82 Å². The average molecular weight is 320 g/mol. The lowest BCUT2D eigenvalue weighted by Crippen LogP contribution is -2.46. The molecule has 0 radical (unpaired) electrons. The zero-order valence-corrected chi connectivity index (χ0v) is 13.5. The fourth-order valence-corrected chi connectivity index (χ4v) is 3.03. The van der Waals surface area contributed by atoms with E-state index in [0.717, 1.165) is 55.6 Å². The maximum Gasteiger partial charge on any atom is 0.167 e. The average Bonchev–Trinajstić information content (AvgIpc) is 3.12. The summed E-state index contributed by atoms with van der Waals surface area (Å²) in [7, 11) is 0. The Kier molecular flexibility index (Phi) is 4.25. The summed E-state index contributed by atoms with van der Waals surface area (Å²) in [5, 5.41) is 4.22. The molecule has 0 aliphatic carbocycles. The van der Waals surface area contributed by atoms with Crippen molar-refractivity contribution < 1.29 is 4.52 Å². The second kappa shape index (κ2) is 6.84. The largest absolute Gasteiger partial charge is 0.356 e. The van der Waals surface area contributed by atoms with Gasteiger partial charge >= 0.3 is 0 Å². The van der Waals surface area contributed by atoms with E-state index in [1.54, 1.807) is 0 Å². The maximum absolute atomic E-state index is 5.49. The first-order valence-corrected chi connectivity index (χ1v) is 8.28. The molecule has 0 spiro atoms. The highest BCUT2D eigenvalue weighted by Gasteiger charge is 2.19. The summed E-state index contributed by atoms with van der Waals surface area (Å²) in [4.78, 5) is 9.17. The van der Waals surface area contributed by atoms with Gasteiger partial charge in [0.05, 0.1) is 5.69 Å². The molecule has 1 aliphatic heterocycles. The summed E-state index contributed by atoms with van der Waals surface area (Å²) < 4.78 is 5.49. The lowest BCUT2D eigenvalue weighted by molar-refractivity contribution is 0.242. The standard InChI is InChI=1S/C19H20N4O/c1-2-6-16(7-3-1)18-14-17(21-24-18)15-22-10-12-23(13-11-22)19-8-4-5-9-20-19/h1-9,14H,10-13,15H2. The summed E-state index contributed by atoms with van der Waals surface area (Å²) >= 11 is 0. The summed E-state index contributed by atoms with van der Waals surface area (Å²) in [6.45, 7) is 4.81. The Hall–Kier alpha value is -2.66. The van der Waals surface area contributed by atoms with Gasteiger partial charge in [0.1, 0.15) is 5.82 Å². The number of aromatic nitrogens is 2. The molecule has 1 aromatic carbocycles. The minimum Gasteiger partial charge on any atom is -0.356 e. The van der Waals surface area contributed by atoms with Crippen LogP contribution >= 0.6 is 0 Å². The number of benzene rings is 1. The van der Waals surface area contributed by atoms with Crippen LogP contribution in [0.25, 0.3) is 11.3 Å². The lowest BCUT2D eigenvalue weighted by Gasteiger charge is -2.34. The van der Waals surface area contributed by atoms with E-state index in [2.05, 4.69) is 26.0 Å². The van der Waals surface area contributed by atoms with Crippen molar-refractivity contribution >= 4 is 5.82 Å². The first-order chi connectivity index (χ1) is 11.9. The summed E-state index contributed by atoms with van der Waals surface area (Å²) in [6.07, 6.45) is 1.85. The van der Waals surface area contributed by atoms with Crippen molar-refractivity contribution in [3.63, 3.8) is 0 Å². The van der Waals surface area contributed by atoms with Crippen LogP contribution in [0.2, 0.25) is 0 Å². The van der Waals surface area contributed by atoms with Crippen molar-refractivity contribution in [1.82, 2.24) is 15.0 Å². The third-order valence-electron chi connectivity index (χ3n) is 4.35. The molecule has 0 unspecified atom stereocenters. The molecular formula is C19H20N4O. The van der Waals surface area contributed by atoms with Gasteiger partial charge in [0.25, 0.3) is 0 Å². The van der Waals surface area contributed by atoms with Gasteiger partial charge in [0, 0.05) is 50.6 Å². The Morgan fingerprint density at radius 3 is 2.46 bits per heavy atom. The fraction of sp³-hybridized carbons (Fsp3) is 0.263. The zero-order valence-electron chi connectivity index (χ0n) is 13.5. The molecule has 24 heavy (non-hydrogen) atoms. The molecule has 3 heterocycles. The Morgan fingerprint density at radius 2 is 1.71 bits per heavy atom. The van der Waals surface area contributed by atoms with Crippen molar-refractivity contribution in [2.24, 2.45) is 0 Å². The van der Waals surface area contributed by atoms with Crippen molar-refractivity contribution in [2.45, 2.75) is 6.54 Å². The van der Waals surface area contributed by atoms with Crippen molar-refractivity contribution in [1.29, 1.82) is 0 Å². The number of hydrogen-bond donors (Lipinski definition) is 0. The van der Waals surface area contributed by atoms with Crippen LogP contribution in [-0.2, 0) is 6.54 Å². The van der Waals surface area contributed by atoms with Crippen molar-refractivity contribution in [2.75, 3.05) is 31.1 Å². The summed E-state index contributed by atoms with van der Waals surface area (Å²) in [6, 6.07) is 18.2. The Bertz CT molecular complexity index is 764. The number of rotatable bonds is 4. The Labute approximate surface area is 141 Å². The number of anilines is 1. The Morgan fingerprint density at radius 1 is 0.917 bits per heavy atom. The van der Waals surface area contributed by atoms with E-state index in [1.807, 2.05) is 54.7 Å². The van der Waals surface area contributed by atoms with Gasteiger partial charge in [0.2, 0.25) is 0 Å². The smallest absolute Gasteiger partial charge is 0.167 e. The quantitative estimate of drug-likeness (QED) is 0.739. The van der Waals surface area contributed by atoms with Gasteiger partial charge in [-0.15, -0.1) is 0 Å². The van der Waals surface area contributed by atoms with E-state index in [4.69, 9.17) is 4.52 Å². The third kappa shape index (κ3) is 3.31. The highest BCUT2D eigenvalue weighted by Crippen LogP contribution is 2.21. The minimum absolute atomic E-state index is 0.826. The normalized spacial score (nSPS) is 15.6. The molecule has 0 bridgehead atoms. The molecule has 1 fully saturated rings. The molecule has 0 saturated carbocycles. The monoisotopic (exact) mass is 320 g/mol. The molecule has 0 N–H and O–H groups in total. The van der Waals surface area contributed by atoms with Crippen molar-refractivity contribution in [3.05, 3.63) is 66.5 Å². The molecule has 1 aliphatic rings. The van der Waals surface area contributed by atoms with Crippen LogP contribution in [0.5, 0.6) is 0 Å². The van der Waals surface area contributed by atoms with Crippen molar-refractivity contribution in [3.8, 4) is 11.3 Å². The van der Waals surface area contributed by atoms with Crippen LogP contribution < -0.4 is 4.90 Å². The van der Waals surface area contributed by atoms with Gasteiger partial charge in [0.15, 0.2) is 5.76 Å². The van der Waals surface area contributed by atoms with Gasteiger partial charge in [-0.3, -0.25) is 4.90 Å². The second-order valence-electron chi connectivity index (χ2n) is 6.00. The van der Waals surface area contributed by atoms with Crippen LogP contribution in [0.15, 0.2) is 65.3 Å². The second-order valence-corrected chi connectivity index (χ2v) is 6.00. The first-order valence-electron chi connectivity index (χ1n) is 8.28. The predicted molar refractivity (Wildman–Crippen MR) is 93.7 cm³/mol. The van der Waals surface area contributed by atoms with E-state index in [-0.39, 0.29) is 0 Å². The lowest BCUT2D eigenvalue weighted by atomic mass is 10.1. The molecule has 2 aromatic heterocycles. The van der Waals surface area contributed by atoms with Gasteiger partial charge in [-0.1, -0.05) is 41.6 Å². The van der Waals surface area contributed by atoms with Crippen LogP contribution in [0, 0.1) is 0 Å². The molecule has 3 aromatic rings. The molecular weight excluding hydrogens is 300 g/mol. The molecule has 5 nitrogen and oxygen atoms in total. The summed E-state index contributed by atoms with van der Waals surface area (Å²) in [5.41, 5.74) is 2.05. The molecule has 5 heteroatoms. The van der Waals surface area contributed by atoms with Gasteiger partial charge < -0.3 is 9.42 Å². The van der Waals surface area contributed by atoms with E-state index in [1.165, 1.54) is 0 Å². The van der Waals surface area contributed by atoms with Gasteiger partial charge in [-0.2, -0.15) is 0 Å². The number of piperazine rings is 1. The van der Waals surface area contributed by atoms with E-state index >= 15 is 0 Å². The number of hydrogen-bond acceptors (Lipinski definition) is 5. The molecule has 0 atom stereocenters. The molecule has 1 saturated heterocycles. The molecule has 4 rings (SSSR count). The molecule has 0 amide bonds. The molecule has 122 valence electrons. The predicted octanol–water partition coefficient (Wildman–Crippen LogP) is 3.06. The van der Waals surface area contributed by atoms with E-state index < -0.39 is 0 Å². The van der Waals surface area contributed by atoms with Crippen LogP contribution in [0.1, 0.15) is 5.69 Å². The highest BCUT2D eigenvalue weighted by atomic mass is 16.5. The summed E-state index contributed by atoms with van der Waals surface area (Å²) in [5.74, 6) is 1.89. The minimum atomic E-state index is 0.826. The topological polar surface area (TPSA) is 45.4 Å². The first kappa shape index (κ1) is 14.9. The van der Waals surface area contributed by atoms with Crippen LogP contribution in [-0.4, -0.2) is 41.2 Å². The SMILES string of the molecule is c1ccc(-c2cc(CN3CCN(c4ccccn4)CC3)no2)cc1. The number of nitrogens with zero attached hydrogens (tertiary/aromatic N) is 4. The third-order valence-corrected chi connectivity index (χ3v) is 4.35. The Balaban J connectivity index is 1.35. The zero-order chi connectivity index (χ0) is 16.2. The number of pyridine rings is 1. The maximum atomic E-state index is 5.49. The van der Waals surface area contributed by atoms with Gasteiger partial charge in [-0.25, -0.2) is 4.98 Å². The van der Waals surface area contributed by atoms with Crippen LogP contribution in [0.3, 0.4) is 0 Å². The van der Waals surface area contributed by atoms with E-state index in [0.29, 0.717) is 0 Å².